The number of benzene rings is 2. The molecule has 2 atom stereocenters. The van der Waals surface area contributed by atoms with Gasteiger partial charge in [0.2, 0.25) is 0 Å². The highest BCUT2D eigenvalue weighted by Crippen LogP contribution is 2.47. The number of hydrogen-bond acceptors (Lipinski definition) is 4. The molecule has 0 saturated heterocycles. The molecule has 0 fully saturated rings. The molecule has 1 N–H and O–H groups in total. The van der Waals surface area contributed by atoms with Gasteiger partial charge in [-0.25, -0.2) is 4.79 Å². The minimum Gasteiger partial charge on any atom is -0.463 e. The summed E-state index contributed by atoms with van der Waals surface area (Å²) in [5.74, 6) is -0.938. The standard InChI is InChI=1S/C25H23Cl2NO3/c1-3-31-25(30)22-14(2)28-20-12-16(15-8-10-17(26)11-9-15)13-21(29)24(20)23(22)18-6-4-5-7-19(18)27/h4-11,16,23,28H,3,12-13H2,1-2H3/t16-,23+/m0/s1. The molecule has 0 spiro atoms. The van der Waals surface area contributed by atoms with Crippen LogP contribution in [0.15, 0.2) is 71.1 Å². The molecule has 0 saturated carbocycles. The highest BCUT2D eigenvalue weighted by atomic mass is 35.5. The molecule has 0 amide bonds. The van der Waals surface area contributed by atoms with Gasteiger partial charge >= 0.3 is 5.97 Å². The first-order valence-electron chi connectivity index (χ1n) is 10.3. The first-order chi connectivity index (χ1) is 14.9. The van der Waals surface area contributed by atoms with Gasteiger partial charge < -0.3 is 10.1 Å². The van der Waals surface area contributed by atoms with Gasteiger partial charge in [-0.1, -0.05) is 53.5 Å². The zero-order valence-electron chi connectivity index (χ0n) is 17.4. The summed E-state index contributed by atoms with van der Waals surface area (Å²) in [4.78, 5) is 26.4. The summed E-state index contributed by atoms with van der Waals surface area (Å²) in [7, 11) is 0. The summed E-state index contributed by atoms with van der Waals surface area (Å²) in [6.07, 6.45) is 1.02. The SMILES string of the molecule is CCOC(=O)C1=C(C)NC2=C(C(=O)C[C@@H](c3ccc(Cl)cc3)C2)[C@@H]1c1ccccc1Cl. The average molecular weight is 456 g/mol. The van der Waals surface area contributed by atoms with Gasteiger partial charge in [-0.3, -0.25) is 4.79 Å². The maximum absolute atomic E-state index is 13.5. The van der Waals surface area contributed by atoms with Crippen LogP contribution in [-0.2, 0) is 14.3 Å². The lowest BCUT2D eigenvalue weighted by Gasteiger charge is -2.37. The molecule has 2 aromatic rings. The molecule has 0 radical (unpaired) electrons. The zero-order valence-corrected chi connectivity index (χ0v) is 18.9. The van der Waals surface area contributed by atoms with Crippen molar-refractivity contribution < 1.29 is 14.3 Å². The number of hydrogen-bond donors (Lipinski definition) is 1. The third-order valence-corrected chi connectivity index (χ3v) is 6.48. The van der Waals surface area contributed by atoms with Crippen LogP contribution < -0.4 is 5.32 Å². The first-order valence-corrected chi connectivity index (χ1v) is 11.1. The number of halogens is 2. The van der Waals surface area contributed by atoms with Gasteiger partial charge in [-0.15, -0.1) is 0 Å². The van der Waals surface area contributed by atoms with Crippen molar-refractivity contribution in [2.45, 2.75) is 38.5 Å². The first kappa shape index (κ1) is 21.7. The Morgan fingerprint density at radius 3 is 2.48 bits per heavy atom. The van der Waals surface area contributed by atoms with Crippen LogP contribution in [0, 0.1) is 0 Å². The van der Waals surface area contributed by atoms with E-state index in [4.69, 9.17) is 27.9 Å². The summed E-state index contributed by atoms with van der Waals surface area (Å²) >= 11 is 12.6. The molecule has 1 aliphatic carbocycles. The Balaban J connectivity index is 1.81. The second-order valence-electron chi connectivity index (χ2n) is 7.81. The quantitative estimate of drug-likeness (QED) is 0.581. The monoisotopic (exact) mass is 455 g/mol. The fourth-order valence-electron chi connectivity index (χ4n) is 4.51. The van der Waals surface area contributed by atoms with Gasteiger partial charge in [-0.05, 0) is 55.5 Å². The molecule has 4 rings (SSSR count). The molecule has 2 aromatic carbocycles. The number of allylic oxidation sites excluding steroid dienone is 3. The van der Waals surface area contributed by atoms with E-state index in [0.717, 1.165) is 16.8 Å². The van der Waals surface area contributed by atoms with Gasteiger partial charge in [0.1, 0.15) is 0 Å². The molecular weight excluding hydrogens is 433 g/mol. The van der Waals surface area contributed by atoms with E-state index in [9.17, 15) is 9.59 Å². The van der Waals surface area contributed by atoms with E-state index >= 15 is 0 Å². The number of ketones is 1. The predicted molar refractivity (Wildman–Crippen MR) is 122 cm³/mol. The Morgan fingerprint density at radius 1 is 1.10 bits per heavy atom. The van der Waals surface area contributed by atoms with Crippen LogP contribution in [0.4, 0.5) is 0 Å². The molecule has 1 heterocycles. The zero-order chi connectivity index (χ0) is 22.1. The van der Waals surface area contributed by atoms with Crippen molar-refractivity contribution in [3.8, 4) is 0 Å². The van der Waals surface area contributed by atoms with Gasteiger partial charge in [-0.2, -0.15) is 0 Å². The molecule has 31 heavy (non-hydrogen) atoms. The molecular formula is C25H23Cl2NO3. The van der Waals surface area contributed by atoms with E-state index < -0.39 is 11.9 Å². The predicted octanol–water partition coefficient (Wildman–Crippen LogP) is 5.92. The maximum Gasteiger partial charge on any atom is 0.336 e. The summed E-state index contributed by atoms with van der Waals surface area (Å²) in [5, 5.41) is 4.52. The summed E-state index contributed by atoms with van der Waals surface area (Å²) in [5.41, 5.74) is 4.37. The number of carbonyl (C=O) groups is 2. The molecule has 1 aliphatic heterocycles. The Labute approximate surface area is 191 Å². The average Bonchev–Trinajstić information content (AvgIpc) is 2.73. The number of esters is 1. The van der Waals surface area contributed by atoms with Crippen LogP contribution >= 0.6 is 23.2 Å². The van der Waals surface area contributed by atoms with E-state index in [1.165, 1.54) is 0 Å². The van der Waals surface area contributed by atoms with E-state index in [1.807, 2.05) is 49.4 Å². The number of Topliss-reactive ketones (excluding diaryl/α,β-unsaturated/α-hetero) is 1. The Hall–Kier alpha value is -2.56. The third-order valence-electron chi connectivity index (χ3n) is 5.88. The summed E-state index contributed by atoms with van der Waals surface area (Å²) in [6.45, 7) is 3.86. The molecule has 160 valence electrons. The third kappa shape index (κ3) is 4.15. The van der Waals surface area contributed by atoms with Crippen molar-refractivity contribution in [1.82, 2.24) is 5.32 Å². The van der Waals surface area contributed by atoms with E-state index in [0.29, 0.717) is 39.7 Å². The lowest BCUT2D eigenvalue weighted by atomic mass is 9.71. The maximum atomic E-state index is 13.5. The molecule has 0 bridgehead atoms. The largest absolute Gasteiger partial charge is 0.463 e. The Bertz CT molecular complexity index is 1100. The van der Waals surface area contributed by atoms with E-state index in [1.54, 1.807) is 13.0 Å². The smallest absolute Gasteiger partial charge is 0.336 e. The van der Waals surface area contributed by atoms with Gasteiger partial charge in [0.15, 0.2) is 5.78 Å². The molecule has 6 heteroatoms. The second kappa shape index (κ2) is 8.89. The molecule has 2 aliphatic rings. The second-order valence-corrected chi connectivity index (χ2v) is 8.65. The van der Waals surface area contributed by atoms with Crippen molar-refractivity contribution in [2.24, 2.45) is 0 Å². The fourth-order valence-corrected chi connectivity index (χ4v) is 4.88. The Kier molecular flexibility index (Phi) is 6.22. The van der Waals surface area contributed by atoms with Crippen LogP contribution in [0.5, 0.6) is 0 Å². The molecule has 4 nitrogen and oxygen atoms in total. The van der Waals surface area contributed by atoms with Gasteiger partial charge in [0.05, 0.1) is 12.2 Å². The number of rotatable bonds is 4. The van der Waals surface area contributed by atoms with Crippen molar-refractivity contribution in [1.29, 1.82) is 0 Å². The van der Waals surface area contributed by atoms with Gasteiger partial charge in [0.25, 0.3) is 0 Å². The molecule has 0 aromatic heterocycles. The van der Waals surface area contributed by atoms with Crippen LogP contribution in [-0.4, -0.2) is 18.4 Å². The lowest BCUT2D eigenvalue weighted by molar-refractivity contribution is -0.138. The van der Waals surface area contributed by atoms with Crippen molar-refractivity contribution in [3.05, 3.63) is 92.2 Å². The fraction of sp³-hybridized carbons (Fsp3) is 0.280. The molecule has 0 unspecified atom stereocenters. The highest BCUT2D eigenvalue weighted by Gasteiger charge is 2.42. The lowest BCUT2D eigenvalue weighted by Crippen LogP contribution is -2.36. The van der Waals surface area contributed by atoms with Crippen molar-refractivity contribution in [3.63, 3.8) is 0 Å². The number of ether oxygens (including phenoxy) is 1. The minimum atomic E-state index is -0.553. The Morgan fingerprint density at radius 2 is 1.81 bits per heavy atom. The number of carbonyl (C=O) groups excluding carboxylic acids is 2. The van der Waals surface area contributed by atoms with Crippen LogP contribution in [0.25, 0.3) is 0 Å². The minimum absolute atomic E-state index is 0.00733. The van der Waals surface area contributed by atoms with Crippen LogP contribution in [0.1, 0.15) is 49.7 Å². The van der Waals surface area contributed by atoms with Crippen LogP contribution in [0.3, 0.4) is 0 Å². The number of dihydropyridines is 1. The topological polar surface area (TPSA) is 55.4 Å². The summed E-state index contributed by atoms with van der Waals surface area (Å²) in [6, 6.07) is 15.0. The van der Waals surface area contributed by atoms with Crippen molar-refractivity contribution in [2.75, 3.05) is 6.61 Å². The van der Waals surface area contributed by atoms with Crippen molar-refractivity contribution >= 4 is 35.0 Å². The van der Waals surface area contributed by atoms with E-state index in [2.05, 4.69) is 5.32 Å². The normalized spacial score (nSPS) is 21.0. The number of nitrogens with one attached hydrogen (secondary N) is 1. The van der Waals surface area contributed by atoms with Crippen LogP contribution in [0.2, 0.25) is 10.0 Å². The summed E-state index contributed by atoms with van der Waals surface area (Å²) < 4.78 is 5.33. The highest BCUT2D eigenvalue weighted by molar-refractivity contribution is 6.31. The van der Waals surface area contributed by atoms with Gasteiger partial charge in [0, 0.05) is 39.4 Å². The van der Waals surface area contributed by atoms with E-state index in [-0.39, 0.29) is 18.3 Å².